The molecule has 0 bridgehead atoms. The van der Waals surface area contributed by atoms with E-state index in [-0.39, 0.29) is 5.69 Å². The number of aromatic amines is 1. The van der Waals surface area contributed by atoms with Gasteiger partial charge >= 0.3 is 5.97 Å². The Balaban J connectivity index is 2.52. The first kappa shape index (κ1) is 8.55. The number of hydrogen-bond donors (Lipinski definition) is 2. The Hall–Kier alpha value is -2.04. The molecular weight excluding hydrogens is 182 g/mol. The maximum Gasteiger partial charge on any atom is 0.352 e. The minimum absolute atomic E-state index is 0.259. The molecule has 2 rings (SSSR count). The molecule has 0 amide bonds. The number of nitrogens with one attached hydrogen (secondary N) is 1. The Morgan fingerprint density at radius 2 is 2.29 bits per heavy atom. The van der Waals surface area contributed by atoms with Gasteiger partial charge in [-0.15, -0.1) is 0 Å². The van der Waals surface area contributed by atoms with Crippen LogP contribution in [0.25, 0.3) is 11.4 Å². The molecule has 2 aromatic rings. The Bertz CT molecular complexity index is 456. The van der Waals surface area contributed by atoms with E-state index < -0.39 is 5.97 Å². The van der Waals surface area contributed by atoms with Crippen molar-refractivity contribution in [3.63, 3.8) is 0 Å². The van der Waals surface area contributed by atoms with Gasteiger partial charge in [-0.1, -0.05) is 0 Å². The van der Waals surface area contributed by atoms with Crippen molar-refractivity contribution in [1.29, 1.82) is 0 Å². The van der Waals surface area contributed by atoms with Gasteiger partial charge in [0.2, 0.25) is 0 Å². The first-order valence-corrected chi connectivity index (χ1v) is 4.09. The monoisotopic (exact) mass is 191 g/mol. The number of rotatable bonds is 2. The van der Waals surface area contributed by atoms with Crippen LogP contribution in [0.15, 0.2) is 24.4 Å². The van der Waals surface area contributed by atoms with Gasteiger partial charge in [0, 0.05) is 13.2 Å². The summed E-state index contributed by atoms with van der Waals surface area (Å²) in [5.41, 5.74) is 1.87. The molecule has 2 heterocycles. The molecule has 0 aromatic carbocycles. The molecule has 0 radical (unpaired) electrons. The van der Waals surface area contributed by atoms with E-state index in [0.717, 1.165) is 11.4 Å². The zero-order valence-corrected chi connectivity index (χ0v) is 7.56. The molecule has 0 aliphatic heterocycles. The highest BCUT2D eigenvalue weighted by atomic mass is 16.4. The summed E-state index contributed by atoms with van der Waals surface area (Å²) < 4.78 is 1.61. The van der Waals surface area contributed by atoms with Gasteiger partial charge in [0.05, 0.1) is 11.4 Å². The first-order chi connectivity index (χ1) is 6.70. The number of aromatic nitrogens is 3. The van der Waals surface area contributed by atoms with Crippen LogP contribution in [-0.2, 0) is 7.05 Å². The molecule has 2 aromatic heterocycles. The van der Waals surface area contributed by atoms with Gasteiger partial charge in [-0.25, -0.2) is 4.79 Å². The summed E-state index contributed by atoms with van der Waals surface area (Å²) in [6.45, 7) is 0. The van der Waals surface area contributed by atoms with E-state index in [1.54, 1.807) is 36.0 Å². The van der Waals surface area contributed by atoms with Gasteiger partial charge in [0.1, 0.15) is 5.69 Å². The Labute approximate surface area is 80.0 Å². The molecule has 5 nitrogen and oxygen atoms in total. The molecule has 0 saturated heterocycles. The molecule has 0 fully saturated rings. The van der Waals surface area contributed by atoms with Gasteiger partial charge in [-0.3, -0.25) is 5.10 Å². The summed E-state index contributed by atoms with van der Waals surface area (Å²) in [7, 11) is 1.71. The molecule has 0 aliphatic carbocycles. The van der Waals surface area contributed by atoms with E-state index in [1.807, 2.05) is 0 Å². The van der Waals surface area contributed by atoms with Crippen LogP contribution in [0.5, 0.6) is 0 Å². The maximum atomic E-state index is 10.8. The van der Waals surface area contributed by atoms with Crippen LogP contribution in [0, 0.1) is 0 Å². The first-order valence-electron chi connectivity index (χ1n) is 4.09. The normalized spacial score (nSPS) is 10.4. The number of nitrogens with zero attached hydrogens (tertiary/aromatic N) is 2. The standard InChI is InChI=1S/C9H9N3O2/c1-12-7(6-4-5-10-11-6)2-3-8(12)9(13)14/h2-5H,1H3,(H,10,11)(H,13,14). The molecular formula is C9H9N3O2. The average Bonchev–Trinajstić information content (AvgIpc) is 2.71. The highest BCUT2D eigenvalue weighted by molar-refractivity contribution is 5.87. The summed E-state index contributed by atoms with van der Waals surface area (Å²) in [4.78, 5) is 10.8. The average molecular weight is 191 g/mol. The zero-order chi connectivity index (χ0) is 10.1. The highest BCUT2D eigenvalue weighted by Gasteiger charge is 2.12. The lowest BCUT2D eigenvalue weighted by atomic mass is 10.3. The molecule has 0 aliphatic rings. The summed E-state index contributed by atoms with van der Waals surface area (Å²) in [6, 6.07) is 5.11. The number of carboxylic acids is 1. The minimum Gasteiger partial charge on any atom is -0.477 e. The SMILES string of the molecule is Cn1c(C(=O)O)ccc1-c1ccn[nH]1. The van der Waals surface area contributed by atoms with Gasteiger partial charge in [0.15, 0.2) is 0 Å². The predicted molar refractivity (Wildman–Crippen MR) is 50.0 cm³/mol. The molecule has 0 atom stereocenters. The van der Waals surface area contributed by atoms with Crippen molar-refractivity contribution < 1.29 is 9.90 Å². The quantitative estimate of drug-likeness (QED) is 0.747. The van der Waals surface area contributed by atoms with E-state index in [0.29, 0.717) is 0 Å². The fraction of sp³-hybridized carbons (Fsp3) is 0.111. The smallest absolute Gasteiger partial charge is 0.352 e. The summed E-state index contributed by atoms with van der Waals surface area (Å²) in [5.74, 6) is -0.932. The van der Waals surface area contributed by atoms with Crippen molar-refractivity contribution in [3.05, 3.63) is 30.1 Å². The van der Waals surface area contributed by atoms with Gasteiger partial charge < -0.3 is 9.67 Å². The number of carbonyl (C=O) groups is 1. The van der Waals surface area contributed by atoms with Crippen molar-refractivity contribution in [2.45, 2.75) is 0 Å². The molecule has 0 unspecified atom stereocenters. The molecule has 72 valence electrons. The third-order valence-corrected chi connectivity index (χ3v) is 2.12. The number of H-pyrrole nitrogens is 1. The second-order valence-electron chi connectivity index (χ2n) is 2.94. The lowest BCUT2D eigenvalue weighted by molar-refractivity contribution is 0.0687. The zero-order valence-electron chi connectivity index (χ0n) is 7.56. The Kier molecular flexibility index (Phi) is 1.85. The lowest BCUT2D eigenvalue weighted by Crippen LogP contribution is -2.05. The van der Waals surface area contributed by atoms with Crippen LogP contribution in [0.2, 0.25) is 0 Å². The van der Waals surface area contributed by atoms with Crippen LogP contribution >= 0.6 is 0 Å². The van der Waals surface area contributed by atoms with Crippen molar-refractivity contribution in [1.82, 2.24) is 14.8 Å². The van der Waals surface area contributed by atoms with Gasteiger partial charge in [-0.05, 0) is 18.2 Å². The van der Waals surface area contributed by atoms with E-state index >= 15 is 0 Å². The second kappa shape index (κ2) is 3.02. The van der Waals surface area contributed by atoms with Crippen molar-refractivity contribution in [3.8, 4) is 11.4 Å². The second-order valence-corrected chi connectivity index (χ2v) is 2.94. The molecule has 0 saturated carbocycles. The van der Waals surface area contributed by atoms with Crippen LogP contribution < -0.4 is 0 Å². The molecule has 2 N–H and O–H groups in total. The van der Waals surface area contributed by atoms with E-state index in [2.05, 4.69) is 10.2 Å². The third kappa shape index (κ3) is 1.19. The maximum absolute atomic E-state index is 10.8. The summed E-state index contributed by atoms with van der Waals surface area (Å²) >= 11 is 0. The van der Waals surface area contributed by atoms with Crippen LogP contribution in [0.4, 0.5) is 0 Å². The predicted octanol–water partition coefficient (Wildman–Crippen LogP) is 1.11. The minimum atomic E-state index is -0.932. The van der Waals surface area contributed by atoms with E-state index in [9.17, 15) is 4.79 Å². The summed E-state index contributed by atoms with van der Waals surface area (Å²) in [5, 5.41) is 15.4. The largest absolute Gasteiger partial charge is 0.477 e. The molecule has 5 heteroatoms. The van der Waals surface area contributed by atoms with Gasteiger partial charge in [0.25, 0.3) is 0 Å². The van der Waals surface area contributed by atoms with Crippen molar-refractivity contribution >= 4 is 5.97 Å². The fourth-order valence-electron chi connectivity index (χ4n) is 1.39. The molecule has 0 spiro atoms. The van der Waals surface area contributed by atoms with Crippen molar-refractivity contribution in [2.75, 3.05) is 0 Å². The van der Waals surface area contributed by atoms with Crippen LogP contribution in [0.3, 0.4) is 0 Å². The van der Waals surface area contributed by atoms with Crippen LogP contribution in [-0.4, -0.2) is 25.8 Å². The summed E-state index contributed by atoms with van der Waals surface area (Å²) in [6.07, 6.45) is 1.63. The van der Waals surface area contributed by atoms with Crippen LogP contribution in [0.1, 0.15) is 10.5 Å². The Morgan fingerprint density at radius 3 is 2.79 bits per heavy atom. The van der Waals surface area contributed by atoms with E-state index in [4.69, 9.17) is 5.11 Å². The number of aromatic carboxylic acids is 1. The number of carboxylic acid groups (broad SMARTS) is 1. The van der Waals surface area contributed by atoms with Gasteiger partial charge in [-0.2, -0.15) is 5.10 Å². The third-order valence-electron chi connectivity index (χ3n) is 2.12. The fourth-order valence-corrected chi connectivity index (χ4v) is 1.39. The number of hydrogen-bond acceptors (Lipinski definition) is 2. The van der Waals surface area contributed by atoms with Crippen molar-refractivity contribution in [2.24, 2.45) is 7.05 Å². The molecule has 14 heavy (non-hydrogen) atoms. The topological polar surface area (TPSA) is 70.9 Å². The lowest BCUT2D eigenvalue weighted by Gasteiger charge is -2.01. The van der Waals surface area contributed by atoms with E-state index in [1.165, 1.54) is 0 Å². The Morgan fingerprint density at radius 1 is 1.50 bits per heavy atom. The highest BCUT2D eigenvalue weighted by Crippen LogP contribution is 2.18.